The highest BCUT2D eigenvalue weighted by Gasteiger charge is 2.65. The number of aromatic nitrogens is 1. The number of hydrogen-bond donors (Lipinski definition) is 1. The fourth-order valence-corrected chi connectivity index (χ4v) is 2.26. The normalized spacial score (nSPS) is 13.4. The zero-order valence-corrected chi connectivity index (χ0v) is 15.5. The molecule has 0 aliphatic heterocycles. The van der Waals surface area contributed by atoms with Crippen LogP contribution in [0.2, 0.25) is 0 Å². The molecule has 0 fully saturated rings. The number of carbonyl (C=O) groups excluding carboxylic acids is 2. The van der Waals surface area contributed by atoms with Crippen LogP contribution >= 0.6 is 0 Å². The standard InChI is InChI=1S/C16H8F11NO5/c1-31-8-3-5-2-7(10(29)33-11(14(19,20)21)15(22,23)24)28-6(5)4-9(8)32-12(30)13(17,18)16(25,26)27/h2-4,11,28H,1H3. The number of aromatic amines is 1. The Hall–Kier alpha value is -3.27. The predicted molar refractivity (Wildman–Crippen MR) is 82.8 cm³/mol. The Labute approximate surface area is 174 Å². The summed E-state index contributed by atoms with van der Waals surface area (Å²) in [5.74, 6) is -12.8. The lowest BCUT2D eigenvalue weighted by atomic mass is 10.2. The monoisotopic (exact) mass is 503 g/mol. The number of halogens is 11. The number of hydrogen-bond acceptors (Lipinski definition) is 5. The molecule has 0 unspecified atom stereocenters. The number of esters is 2. The molecule has 184 valence electrons. The maximum absolute atomic E-state index is 13.1. The molecule has 6 nitrogen and oxygen atoms in total. The van der Waals surface area contributed by atoms with Crippen molar-refractivity contribution in [3.05, 3.63) is 23.9 Å². The largest absolute Gasteiger partial charge is 0.493 e. The second kappa shape index (κ2) is 8.26. The van der Waals surface area contributed by atoms with E-state index in [9.17, 15) is 57.9 Å². The molecule has 0 spiro atoms. The van der Waals surface area contributed by atoms with Gasteiger partial charge in [-0.25, -0.2) is 9.59 Å². The van der Waals surface area contributed by atoms with Gasteiger partial charge >= 0.3 is 36.4 Å². The summed E-state index contributed by atoms with van der Waals surface area (Å²) in [7, 11) is 0.861. The lowest BCUT2D eigenvalue weighted by Crippen LogP contribution is -2.46. The van der Waals surface area contributed by atoms with Crippen LogP contribution in [0.4, 0.5) is 48.3 Å². The number of ether oxygens (including phenoxy) is 3. The average molecular weight is 503 g/mol. The first-order chi connectivity index (χ1) is 14.8. The Bertz CT molecular complexity index is 1040. The highest BCUT2D eigenvalue weighted by molar-refractivity contribution is 5.96. The molecule has 0 aliphatic carbocycles. The molecule has 0 amide bonds. The van der Waals surface area contributed by atoms with Crippen LogP contribution in [0.1, 0.15) is 10.5 Å². The Kier molecular flexibility index (Phi) is 6.50. The smallest absolute Gasteiger partial charge is 0.465 e. The molecule has 0 atom stereocenters. The molecule has 1 heterocycles. The van der Waals surface area contributed by atoms with Gasteiger partial charge in [0, 0.05) is 11.5 Å². The maximum atomic E-state index is 13.1. The number of methoxy groups -OCH3 is 1. The van der Waals surface area contributed by atoms with Crippen molar-refractivity contribution in [3.8, 4) is 11.5 Å². The van der Waals surface area contributed by atoms with Crippen molar-refractivity contribution in [1.82, 2.24) is 4.98 Å². The van der Waals surface area contributed by atoms with Crippen LogP contribution in [-0.2, 0) is 9.53 Å². The fourth-order valence-electron chi connectivity index (χ4n) is 2.26. The summed E-state index contributed by atoms with van der Waals surface area (Å²) in [5.41, 5.74) is -1.42. The Morgan fingerprint density at radius 1 is 0.848 bits per heavy atom. The first-order valence-electron chi connectivity index (χ1n) is 8.01. The highest BCUT2D eigenvalue weighted by atomic mass is 19.4. The molecule has 2 aromatic rings. The van der Waals surface area contributed by atoms with Gasteiger partial charge in [-0.3, -0.25) is 0 Å². The zero-order valence-electron chi connectivity index (χ0n) is 15.5. The van der Waals surface area contributed by atoms with E-state index in [4.69, 9.17) is 0 Å². The minimum Gasteiger partial charge on any atom is -0.493 e. The van der Waals surface area contributed by atoms with Gasteiger partial charge < -0.3 is 19.2 Å². The van der Waals surface area contributed by atoms with E-state index in [1.165, 1.54) is 0 Å². The van der Waals surface area contributed by atoms with Crippen LogP contribution in [0.25, 0.3) is 10.9 Å². The molecular weight excluding hydrogens is 495 g/mol. The van der Waals surface area contributed by atoms with Crippen molar-refractivity contribution in [3.63, 3.8) is 0 Å². The van der Waals surface area contributed by atoms with Crippen molar-refractivity contribution < 1.29 is 72.1 Å². The molecule has 0 aliphatic rings. The molecule has 2 rings (SSSR count). The Balaban J connectivity index is 2.40. The zero-order chi connectivity index (χ0) is 25.6. The number of nitrogens with one attached hydrogen (secondary N) is 1. The van der Waals surface area contributed by atoms with Crippen molar-refractivity contribution in [2.45, 2.75) is 30.6 Å². The van der Waals surface area contributed by atoms with Crippen LogP contribution in [0.5, 0.6) is 11.5 Å². The van der Waals surface area contributed by atoms with E-state index in [2.05, 4.69) is 14.2 Å². The van der Waals surface area contributed by atoms with Gasteiger partial charge in [0.2, 0.25) is 0 Å². The minimum absolute atomic E-state index is 0.211. The second-order valence-corrected chi connectivity index (χ2v) is 6.10. The lowest BCUT2D eigenvalue weighted by Gasteiger charge is -2.22. The van der Waals surface area contributed by atoms with Gasteiger partial charge in [-0.05, 0) is 12.1 Å². The fraction of sp³-hybridized carbons (Fsp3) is 0.375. The van der Waals surface area contributed by atoms with Gasteiger partial charge in [0.1, 0.15) is 5.69 Å². The van der Waals surface area contributed by atoms with Crippen molar-refractivity contribution >= 4 is 22.8 Å². The molecule has 17 heteroatoms. The molecule has 1 aromatic carbocycles. The lowest BCUT2D eigenvalue weighted by molar-refractivity contribution is -0.307. The van der Waals surface area contributed by atoms with Crippen LogP contribution in [0.15, 0.2) is 18.2 Å². The van der Waals surface area contributed by atoms with Crippen LogP contribution in [-0.4, -0.2) is 54.6 Å². The molecular formula is C16H8F11NO5. The number of H-pyrrole nitrogens is 1. The molecule has 0 saturated carbocycles. The van der Waals surface area contributed by atoms with Crippen LogP contribution in [0, 0.1) is 0 Å². The molecule has 1 N–H and O–H groups in total. The number of benzene rings is 1. The van der Waals surface area contributed by atoms with Crippen molar-refractivity contribution in [2.24, 2.45) is 0 Å². The summed E-state index contributed by atoms with van der Waals surface area (Å²) in [5, 5.41) is -0.211. The van der Waals surface area contributed by atoms with E-state index in [1.54, 1.807) is 0 Å². The molecule has 0 bridgehead atoms. The number of alkyl halides is 11. The van der Waals surface area contributed by atoms with E-state index < -0.39 is 65.2 Å². The third-order valence-corrected chi connectivity index (χ3v) is 3.76. The first-order valence-corrected chi connectivity index (χ1v) is 8.01. The Morgan fingerprint density at radius 2 is 1.39 bits per heavy atom. The average Bonchev–Trinajstić information content (AvgIpc) is 3.05. The van der Waals surface area contributed by atoms with Gasteiger partial charge in [-0.2, -0.15) is 48.3 Å². The van der Waals surface area contributed by atoms with E-state index in [-0.39, 0.29) is 5.39 Å². The predicted octanol–water partition coefficient (Wildman–Crippen LogP) is 4.93. The maximum Gasteiger partial charge on any atom is 0.465 e. The van der Waals surface area contributed by atoms with E-state index in [0.29, 0.717) is 12.1 Å². The van der Waals surface area contributed by atoms with Gasteiger partial charge in [0.25, 0.3) is 6.10 Å². The Morgan fingerprint density at radius 3 is 1.85 bits per heavy atom. The molecule has 0 saturated heterocycles. The SMILES string of the molecule is COc1cc2cc(C(=O)OC(C(F)(F)F)C(F)(F)F)[nH]c2cc1OC(=O)C(F)(F)C(F)(F)F. The summed E-state index contributed by atoms with van der Waals surface area (Å²) in [6.07, 6.45) is -22.8. The van der Waals surface area contributed by atoms with Gasteiger partial charge in [0.15, 0.2) is 11.5 Å². The summed E-state index contributed by atoms with van der Waals surface area (Å²) >= 11 is 0. The molecule has 33 heavy (non-hydrogen) atoms. The van der Waals surface area contributed by atoms with E-state index in [0.717, 1.165) is 13.2 Å². The third-order valence-electron chi connectivity index (χ3n) is 3.76. The molecule has 1 aromatic heterocycles. The van der Waals surface area contributed by atoms with Gasteiger partial charge in [-0.15, -0.1) is 0 Å². The summed E-state index contributed by atoms with van der Waals surface area (Å²) < 4.78 is 150. The number of rotatable bonds is 5. The minimum atomic E-state index is -6.31. The quantitative estimate of drug-likeness (QED) is 0.356. The van der Waals surface area contributed by atoms with E-state index >= 15 is 0 Å². The van der Waals surface area contributed by atoms with E-state index in [1.807, 2.05) is 4.98 Å². The topological polar surface area (TPSA) is 77.6 Å². The second-order valence-electron chi connectivity index (χ2n) is 6.10. The third kappa shape index (κ3) is 5.39. The van der Waals surface area contributed by atoms with Crippen molar-refractivity contribution in [2.75, 3.05) is 7.11 Å². The van der Waals surface area contributed by atoms with Gasteiger partial charge in [0.05, 0.1) is 12.6 Å². The van der Waals surface area contributed by atoms with Crippen molar-refractivity contribution in [1.29, 1.82) is 0 Å². The van der Waals surface area contributed by atoms with Gasteiger partial charge in [-0.1, -0.05) is 0 Å². The van der Waals surface area contributed by atoms with Crippen LogP contribution in [0.3, 0.4) is 0 Å². The summed E-state index contributed by atoms with van der Waals surface area (Å²) in [6.45, 7) is 0. The summed E-state index contributed by atoms with van der Waals surface area (Å²) in [6, 6.07) is 1.99. The highest BCUT2D eigenvalue weighted by Crippen LogP contribution is 2.40. The van der Waals surface area contributed by atoms with Crippen LogP contribution < -0.4 is 9.47 Å². The number of fused-ring (bicyclic) bond motifs is 1. The number of carbonyl (C=O) groups is 2. The molecule has 0 radical (unpaired) electrons. The first kappa shape index (κ1) is 26.0. The summed E-state index contributed by atoms with van der Waals surface area (Å²) in [4.78, 5) is 25.0.